The van der Waals surface area contributed by atoms with E-state index in [2.05, 4.69) is 53.8 Å². The predicted octanol–water partition coefficient (Wildman–Crippen LogP) is 4.42. The van der Waals surface area contributed by atoms with Crippen molar-refractivity contribution < 1.29 is 0 Å². The highest BCUT2D eigenvalue weighted by molar-refractivity contribution is 7.09. The number of benzene rings is 1. The Morgan fingerprint density at radius 3 is 2.55 bits per heavy atom. The molecule has 0 bridgehead atoms. The monoisotopic (exact) mass is 286 g/mol. The van der Waals surface area contributed by atoms with Gasteiger partial charge in [-0.25, -0.2) is 4.98 Å². The molecular formula is C17H22N2S. The second kappa shape index (κ2) is 6.06. The quantitative estimate of drug-likeness (QED) is 0.880. The van der Waals surface area contributed by atoms with Crippen molar-refractivity contribution in [1.82, 2.24) is 10.3 Å². The summed E-state index contributed by atoms with van der Waals surface area (Å²) < 4.78 is 0. The van der Waals surface area contributed by atoms with Gasteiger partial charge in [0.1, 0.15) is 0 Å². The van der Waals surface area contributed by atoms with Crippen LogP contribution in [0.2, 0.25) is 0 Å². The smallest absolute Gasteiger partial charge is 0.0898 e. The van der Waals surface area contributed by atoms with E-state index in [0.717, 1.165) is 23.2 Å². The van der Waals surface area contributed by atoms with Crippen LogP contribution in [0.25, 0.3) is 0 Å². The summed E-state index contributed by atoms with van der Waals surface area (Å²) in [5.41, 5.74) is 3.97. The van der Waals surface area contributed by atoms with E-state index in [1.165, 1.54) is 30.4 Å². The number of nitrogens with zero attached hydrogens (tertiary/aromatic N) is 1. The number of rotatable bonds is 5. The fourth-order valence-corrected chi connectivity index (χ4v) is 3.45. The average molecular weight is 286 g/mol. The minimum Gasteiger partial charge on any atom is -0.305 e. The standard InChI is InChI=1S/C17H22N2S/c1-3-18-17(16-11-20-12(2)19-16)15-9-7-14(8-10-15)13-5-4-6-13/h7-11,13,17-18H,3-6H2,1-2H3. The van der Waals surface area contributed by atoms with Gasteiger partial charge < -0.3 is 5.32 Å². The van der Waals surface area contributed by atoms with Crippen LogP contribution in [-0.4, -0.2) is 11.5 Å². The highest BCUT2D eigenvalue weighted by Crippen LogP contribution is 2.36. The number of nitrogens with one attached hydrogen (secondary N) is 1. The summed E-state index contributed by atoms with van der Waals surface area (Å²) in [5, 5.41) is 6.85. The molecule has 0 spiro atoms. The first-order valence-electron chi connectivity index (χ1n) is 7.53. The van der Waals surface area contributed by atoms with E-state index >= 15 is 0 Å². The Hall–Kier alpha value is -1.19. The van der Waals surface area contributed by atoms with Crippen LogP contribution in [-0.2, 0) is 0 Å². The van der Waals surface area contributed by atoms with Crippen LogP contribution in [0.1, 0.15) is 60.0 Å². The molecule has 2 aromatic rings. The van der Waals surface area contributed by atoms with Gasteiger partial charge in [-0.2, -0.15) is 0 Å². The fourth-order valence-electron chi connectivity index (χ4n) is 2.81. The second-order valence-corrected chi connectivity index (χ2v) is 6.64. The fraction of sp³-hybridized carbons (Fsp3) is 0.471. The first kappa shape index (κ1) is 13.8. The zero-order chi connectivity index (χ0) is 13.9. The first-order chi connectivity index (χ1) is 9.78. The predicted molar refractivity (Wildman–Crippen MR) is 85.4 cm³/mol. The van der Waals surface area contributed by atoms with Gasteiger partial charge in [0.25, 0.3) is 0 Å². The largest absolute Gasteiger partial charge is 0.305 e. The number of thiazole rings is 1. The SMILES string of the molecule is CCNC(c1ccc(C2CCC2)cc1)c1csc(C)n1. The van der Waals surface area contributed by atoms with E-state index < -0.39 is 0 Å². The summed E-state index contributed by atoms with van der Waals surface area (Å²) in [6, 6.07) is 9.39. The van der Waals surface area contributed by atoms with E-state index in [9.17, 15) is 0 Å². The number of hydrogen-bond donors (Lipinski definition) is 1. The van der Waals surface area contributed by atoms with Crippen molar-refractivity contribution >= 4 is 11.3 Å². The second-order valence-electron chi connectivity index (χ2n) is 5.58. The van der Waals surface area contributed by atoms with Crippen LogP contribution in [0.5, 0.6) is 0 Å². The molecule has 1 N–H and O–H groups in total. The third-order valence-electron chi connectivity index (χ3n) is 4.19. The maximum Gasteiger partial charge on any atom is 0.0898 e. The molecule has 20 heavy (non-hydrogen) atoms. The van der Waals surface area contributed by atoms with E-state index in [4.69, 9.17) is 0 Å². The van der Waals surface area contributed by atoms with Crippen molar-refractivity contribution in [3.63, 3.8) is 0 Å². The molecule has 1 atom stereocenters. The molecule has 0 saturated heterocycles. The Bertz CT molecular complexity index is 555. The molecule has 1 heterocycles. The van der Waals surface area contributed by atoms with Gasteiger partial charge in [-0.1, -0.05) is 37.6 Å². The van der Waals surface area contributed by atoms with Crippen LogP contribution in [0, 0.1) is 6.92 Å². The molecule has 1 aromatic heterocycles. The summed E-state index contributed by atoms with van der Waals surface area (Å²) in [6.07, 6.45) is 4.12. The van der Waals surface area contributed by atoms with E-state index in [1.54, 1.807) is 11.3 Å². The van der Waals surface area contributed by atoms with Crippen LogP contribution in [0.3, 0.4) is 0 Å². The Morgan fingerprint density at radius 2 is 2.05 bits per heavy atom. The molecule has 0 radical (unpaired) electrons. The minimum absolute atomic E-state index is 0.223. The lowest BCUT2D eigenvalue weighted by molar-refractivity contribution is 0.419. The number of aromatic nitrogens is 1. The summed E-state index contributed by atoms with van der Waals surface area (Å²) in [6.45, 7) is 5.16. The average Bonchev–Trinajstić information content (AvgIpc) is 2.82. The Kier molecular flexibility index (Phi) is 4.18. The Labute approximate surface area is 125 Å². The highest BCUT2D eigenvalue weighted by atomic mass is 32.1. The lowest BCUT2D eigenvalue weighted by Crippen LogP contribution is -2.22. The topological polar surface area (TPSA) is 24.9 Å². The van der Waals surface area contributed by atoms with Crippen LogP contribution in [0.4, 0.5) is 0 Å². The summed E-state index contributed by atoms with van der Waals surface area (Å²) in [7, 11) is 0. The maximum atomic E-state index is 4.65. The van der Waals surface area contributed by atoms with Crippen molar-refractivity contribution in [2.75, 3.05) is 6.54 Å². The van der Waals surface area contributed by atoms with Gasteiger partial charge in [-0.3, -0.25) is 0 Å². The van der Waals surface area contributed by atoms with Crippen molar-refractivity contribution in [2.45, 2.75) is 45.1 Å². The minimum atomic E-state index is 0.223. The molecule has 2 nitrogen and oxygen atoms in total. The van der Waals surface area contributed by atoms with Crippen LogP contribution in [0.15, 0.2) is 29.6 Å². The van der Waals surface area contributed by atoms with Gasteiger partial charge in [-0.05, 0) is 43.4 Å². The molecule has 3 rings (SSSR count). The molecular weight excluding hydrogens is 264 g/mol. The molecule has 106 valence electrons. The Balaban J connectivity index is 1.83. The van der Waals surface area contributed by atoms with Crippen molar-refractivity contribution in [2.24, 2.45) is 0 Å². The highest BCUT2D eigenvalue weighted by Gasteiger charge is 2.20. The molecule has 0 amide bonds. The Morgan fingerprint density at radius 1 is 1.30 bits per heavy atom. The summed E-state index contributed by atoms with van der Waals surface area (Å²) in [5.74, 6) is 0.808. The molecule has 3 heteroatoms. The molecule has 1 aromatic carbocycles. The lowest BCUT2D eigenvalue weighted by Gasteiger charge is -2.26. The van der Waals surface area contributed by atoms with Gasteiger partial charge in [0, 0.05) is 5.38 Å². The third-order valence-corrected chi connectivity index (χ3v) is 4.98. The molecule has 0 aliphatic heterocycles. The number of aryl methyl sites for hydroxylation is 1. The van der Waals surface area contributed by atoms with E-state index in [-0.39, 0.29) is 6.04 Å². The summed E-state index contributed by atoms with van der Waals surface area (Å²) in [4.78, 5) is 4.65. The van der Waals surface area contributed by atoms with Gasteiger partial charge in [0.05, 0.1) is 16.7 Å². The molecule has 1 aliphatic rings. The lowest BCUT2D eigenvalue weighted by atomic mass is 9.80. The van der Waals surface area contributed by atoms with Gasteiger partial charge in [-0.15, -0.1) is 11.3 Å². The van der Waals surface area contributed by atoms with Crippen molar-refractivity contribution in [3.8, 4) is 0 Å². The van der Waals surface area contributed by atoms with Crippen LogP contribution >= 0.6 is 11.3 Å². The van der Waals surface area contributed by atoms with Gasteiger partial charge >= 0.3 is 0 Å². The first-order valence-corrected chi connectivity index (χ1v) is 8.41. The normalized spacial score (nSPS) is 16.9. The van der Waals surface area contributed by atoms with Gasteiger partial charge in [0.2, 0.25) is 0 Å². The van der Waals surface area contributed by atoms with E-state index in [0.29, 0.717) is 0 Å². The van der Waals surface area contributed by atoms with Crippen molar-refractivity contribution in [3.05, 3.63) is 51.5 Å². The van der Waals surface area contributed by atoms with E-state index in [1.807, 2.05) is 0 Å². The number of hydrogen-bond acceptors (Lipinski definition) is 3. The molecule has 1 fully saturated rings. The van der Waals surface area contributed by atoms with Crippen molar-refractivity contribution in [1.29, 1.82) is 0 Å². The summed E-state index contributed by atoms with van der Waals surface area (Å²) >= 11 is 1.72. The van der Waals surface area contributed by atoms with Crippen LogP contribution < -0.4 is 5.32 Å². The zero-order valence-electron chi connectivity index (χ0n) is 12.2. The molecule has 1 saturated carbocycles. The maximum absolute atomic E-state index is 4.65. The molecule has 1 unspecified atom stereocenters. The zero-order valence-corrected chi connectivity index (χ0v) is 13.0. The molecule has 1 aliphatic carbocycles. The third kappa shape index (κ3) is 2.79. The van der Waals surface area contributed by atoms with Gasteiger partial charge in [0.15, 0.2) is 0 Å².